The summed E-state index contributed by atoms with van der Waals surface area (Å²) in [4.78, 5) is 4.54. The fourth-order valence-electron chi connectivity index (χ4n) is 2.13. The van der Waals surface area contributed by atoms with Crippen LogP contribution in [0.15, 0.2) is 12.3 Å². The number of likely N-dealkylation sites (N-methyl/N-ethyl adjacent to an activating group) is 1. The van der Waals surface area contributed by atoms with E-state index in [-0.39, 0.29) is 0 Å². The summed E-state index contributed by atoms with van der Waals surface area (Å²) in [6, 6.07) is 2.55. The van der Waals surface area contributed by atoms with Crippen LogP contribution < -0.4 is 10.6 Å². The highest BCUT2D eigenvalue weighted by atomic mass is 15.3. The maximum absolute atomic E-state index is 5.71. The van der Waals surface area contributed by atoms with Crippen LogP contribution in [-0.4, -0.2) is 48.3 Å². The van der Waals surface area contributed by atoms with Crippen molar-refractivity contribution < 1.29 is 0 Å². The molecule has 0 aromatic carbocycles. The smallest absolute Gasteiger partial charge is 0.155 e. The van der Waals surface area contributed by atoms with Crippen LogP contribution in [0.2, 0.25) is 0 Å². The van der Waals surface area contributed by atoms with Crippen molar-refractivity contribution in [3.63, 3.8) is 0 Å². The minimum Gasteiger partial charge on any atom is -0.353 e. The molecule has 0 amide bonds. The van der Waals surface area contributed by atoms with Gasteiger partial charge in [-0.25, -0.2) is 0 Å². The lowest BCUT2D eigenvalue weighted by Crippen LogP contribution is -2.32. The van der Waals surface area contributed by atoms with Crippen LogP contribution in [-0.2, 0) is 6.54 Å². The molecule has 2 N–H and O–H groups in total. The van der Waals surface area contributed by atoms with Crippen LogP contribution in [0.4, 0.5) is 5.82 Å². The number of nitrogens with two attached hydrogens (primary N) is 1. The fraction of sp³-hybridized carbons (Fsp3) is 0.636. The summed E-state index contributed by atoms with van der Waals surface area (Å²) in [5, 5.41) is 8.15. The van der Waals surface area contributed by atoms with Gasteiger partial charge in [0.25, 0.3) is 0 Å². The zero-order chi connectivity index (χ0) is 11.5. The van der Waals surface area contributed by atoms with Gasteiger partial charge in [-0.1, -0.05) is 0 Å². The molecule has 0 saturated carbocycles. The van der Waals surface area contributed by atoms with Crippen LogP contribution in [0.5, 0.6) is 0 Å². The Hall–Kier alpha value is -1.20. The van der Waals surface area contributed by atoms with Gasteiger partial charge in [-0.05, 0) is 26.6 Å². The summed E-state index contributed by atoms with van der Waals surface area (Å²) in [5.74, 6) is 0.953. The summed E-state index contributed by atoms with van der Waals surface area (Å²) in [6.45, 7) is 2.57. The van der Waals surface area contributed by atoms with Gasteiger partial charge in [0.2, 0.25) is 0 Å². The van der Waals surface area contributed by atoms with Gasteiger partial charge in [0.15, 0.2) is 5.82 Å². The molecule has 2 heterocycles. The summed E-state index contributed by atoms with van der Waals surface area (Å²) in [5.41, 5.74) is 6.79. The standard InChI is InChI=1S/C11H19N5/c1-15(2)10-4-6-16(8-10)11-9(7-12)3-5-13-14-11/h3,5,10H,4,6-8,12H2,1-2H3. The van der Waals surface area contributed by atoms with Gasteiger partial charge in [0.05, 0.1) is 6.20 Å². The van der Waals surface area contributed by atoms with Gasteiger partial charge in [-0.3, -0.25) is 0 Å². The largest absolute Gasteiger partial charge is 0.353 e. The Morgan fingerprint density at radius 2 is 2.38 bits per heavy atom. The number of nitrogens with zero attached hydrogens (tertiary/aromatic N) is 4. The Kier molecular flexibility index (Phi) is 3.36. The van der Waals surface area contributed by atoms with E-state index in [1.54, 1.807) is 6.20 Å². The maximum atomic E-state index is 5.71. The molecule has 0 bridgehead atoms. The predicted molar refractivity (Wildman–Crippen MR) is 64.2 cm³/mol. The van der Waals surface area contributed by atoms with Crippen LogP contribution in [0, 0.1) is 0 Å². The first-order chi connectivity index (χ1) is 7.72. The lowest BCUT2D eigenvalue weighted by atomic mass is 10.2. The van der Waals surface area contributed by atoms with Crippen LogP contribution >= 0.6 is 0 Å². The fourth-order valence-corrected chi connectivity index (χ4v) is 2.13. The zero-order valence-electron chi connectivity index (χ0n) is 9.93. The second kappa shape index (κ2) is 4.76. The van der Waals surface area contributed by atoms with Crippen LogP contribution in [0.25, 0.3) is 0 Å². The highest BCUT2D eigenvalue weighted by Crippen LogP contribution is 2.22. The summed E-state index contributed by atoms with van der Waals surface area (Å²) in [6.07, 6.45) is 2.87. The second-order valence-electron chi connectivity index (χ2n) is 4.44. The first-order valence-electron chi connectivity index (χ1n) is 5.64. The highest BCUT2D eigenvalue weighted by Gasteiger charge is 2.26. The first-order valence-corrected chi connectivity index (χ1v) is 5.64. The molecule has 0 radical (unpaired) electrons. The van der Waals surface area contributed by atoms with Crippen molar-refractivity contribution in [3.8, 4) is 0 Å². The molecule has 16 heavy (non-hydrogen) atoms. The zero-order valence-corrected chi connectivity index (χ0v) is 9.93. The molecule has 2 rings (SSSR count). The molecular weight excluding hydrogens is 202 g/mol. The summed E-state index contributed by atoms with van der Waals surface area (Å²) < 4.78 is 0. The van der Waals surface area contributed by atoms with Crippen molar-refractivity contribution in [2.24, 2.45) is 5.73 Å². The van der Waals surface area contributed by atoms with E-state index in [0.717, 1.165) is 24.5 Å². The van der Waals surface area contributed by atoms with Gasteiger partial charge in [-0.2, -0.15) is 5.10 Å². The molecule has 1 aromatic heterocycles. The van der Waals surface area contributed by atoms with Crippen molar-refractivity contribution in [2.45, 2.75) is 19.0 Å². The Balaban J connectivity index is 2.14. The normalized spacial score (nSPS) is 20.8. The lowest BCUT2D eigenvalue weighted by Gasteiger charge is -2.22. The van der Waals surface area contributed by atoms with E-state index in [2.05, 4.69) is 34.1 Å². The monoisotopic (exact) mass is 221 g/mol. The van der Waals surface area contributed by atoms with Crippen LogP contribution in [0.1, 0.15) is 12.0 Å². The first kappa shape index (κ1) is 11.3. The van der Waals surface area contributed by atoms with Gasteiger partial charge >= 0.3 is 0 Å². The van der Waals surface area contributed by atoms with Gasteiger partial charge in [0.1, 0.15) is 0 Å². The van der Waals surface area contributed by atoms with Crippen molar-refractivity contribution in [1.82, 2.24) is 15.1 Å². The molecule has 0 aliphatic carbocycles. The van der Waals surface area contributed by atoms with Gasteiger partial charge in [0, 0.05) is 31.2 Å². The molecule has 1 aliphatic heterocycles. The third kappa shape index (κ3) is 2.15. The van der Waals surface area contributed by atoms with E-state index in [9.17, 15) is 0 Å². The minimum absolute atomic E-state index is 0.522. The van der Waals surface area contributed by atoms with E-state index < -0.39 is 0 Å². The molecule has 1 atom stereocenters. The summed E-state index contributed by atoms with van der Waals surface area (Å²) >= 11 is 0. The molecule has 5 nitrogen and oxygen atoms in total. The van der Waals surface area contributed by atoms with Gasteiger partial charge in [-0.15, -0.1) is 5.10 Å². The third-order valence-electron chi connectivity index (χ3n) is 3.20. The van der Waals surface area contributed by atoms with Crippen LogP contribution in [0.3, 0.4) is 0 Å². The maximum Gasteiger partial charge on any atom is 0.155 e. The lowest BCUT2D eigenvalue weighted by molar-refractivity contribution is 0.315. The van der Waals surface area contributed by atoms with E-state index in [0.29, 0.717) is 12.6 Å². The van der Waals surface area contributed by atoms with Crippen molar-refractivity contribution in [1.29, 1.82) is 0 Å². The van der Waals surface area contributed by atoms with Crippen molar-refractivity contribution in [3.05, 3.63) is 17.8 Å². The molecule has 5 heteroatoms. The van der Waals surface area contributed by atoms with E-state index in [1.165, 1.54) is 6.42 Å². The number of hydrogen-bond donors (Lipinski definition) is 1. The molecule has 1 fully saturated rings. The molecule has 1 unspecified atom stereocenters. The number of hydrogen-bond acceptors (Lipinski definition) is 5. The Labute approximate surface area is 96.2 Å². The molecule has 1 saturated heterocycles. The van der Waals surface area contributed by atoms with Crippen molar-refractivity contribution >= 4 is 5.82 Å². The Bertz CT molecular complexity index is 352. The number of aromatic nitrogens is 2. The average molecular weight is 221 g/mol. The average Bonchev–Trinajstić information content (AvgIpc) is 2.78. The third-order valence-corrected chi connectivity index (χ3v) is 3.20. The number of rotatable bonds is 3. The quantitative estimate of drug-likeness (QED) is 0.783. The molecule has 0 spiro atoms. The summed E-state index contributed by atoms with van der Waals surface area (Å²) in [7, 11) is 4.24. The highest BCUT2D eigenvalue weighted by molar-refractivity contribution is 5.46. The van der Waals surface area contributed by atoms with E-state index in [1.807, 2.05) is 6.07 Å². The SMILES string of the molecule is CN(C)C1CCN(c2nnccc2CN)C1. The van der Waals surface area contributed by atoms with E-state index >= 15 is 0 Å². The topological polar surface area (TPSA) is 58.3 Å². The minimum atomic E-state index is 0.522. The predicted octanol–water partition coefficient (Wildman–Crippen LogP) is 0.0756. The number of anilines is 1. The Morgan fingerprint density at radius 1 is 1.56 bits per heavy atom. The Morgan fingerprint density at radius 3 is 3.00 bits per heavy atom. The molecule has 1 aromatic rings. The van der Waals surface area contributed by atoms with Gasteiger partial charge < -0.3 is 15.5 Å². The van der Waals surface area contributed by atoms with E-state index in [4.69, 9.17) is 5.73 Å². The molecular formula is C11H19N5. The second-order valence-corrected chi connectivity index (χ2v) is 4.44. The molecule has 88 valence electrons. The molecule has 1 aliphatic rings. The van der Waals surface area contributed by atoms with Crippen molar-refractivity contribution in [2.75, 3.05) is 32.1 Å².